The van der Waals surface area contributed by atoms with Gasteiger partial charge in [0.1, 0.15) is 33.5 Å². The third-order valence-corrected chi connectivity index (χ3v) is 29.5. The van der Waals surface area contributed by atoms with Gasteiger partial charge in [0.05, 0.1) is 0 Å². The lowest BCUT2D eigenvalue weighted by Gasteiger charge is -2.20. The van der Waals surface area contributed by atoms with Gasteiger partial charge in [-0.15, -0.1) is 0 Å². The van der Waals surface area contributed by atoms with Crippen LogP contribution in [-0.2, 0) is 0 Å². The van der Waals surface area contributed by atoms with Gasteiger partial charge in [0.15, 0.2) is 0 Å². The molecule has 0 unspecified atom stereocenters. The Morgan fingerprint density at radius 1 is 0.106 bits per heavy atom. The van der Waals surface area contributed by atoms with Crippen molar-refractivity contribution < 1.29 is 13.3 Å². The summed E-state index contributed by atoms with van der Waals surface area (Å²) in [5, 5.41) is 36.7. The summed E-state index contributed by atoms with van der Waals surface area (Å²) in [5.74, 6) is 0. The molecule has 27 aromatic carbocycles. The van der Waals surface area contributed by atoms with Crippen LogP contribution in [-0.4, -0.2) is 0 Å². The predicted molar refractivity (Wildman–Crippen MR) is 600 cm³/mol. The first-order valence-electron chi connectivity index (χ1n) is 48.6. The van der Waals surface area contributed by atoms with Crippen molar-refractivity contribution in [1.29, 1.82) is 0 Å². The highest BCUT2D eigenvalue weighted by molar-refractivity contribution is 6.32. The predicted octanol–water partition coefficient (Wildman–Crippen LogP) is 39.6. The first-order chi connectivity index (χ1) is 70.0. The molecule has 0 aliphatic rings. The second-order valence-corrected chi connectivity index (χ2v) is 37.2. The minimum Gasteiger partial charge on any atom is -0.456 e. The Balaban J connectivity index is 0.000000104. The lowest BCUT2D eigenvalue weighted by atomic mass is 9.83. The lowest BCUT2D eigenvalue weighted by molar-refractivity contribution is 0.669. The molecule has 0 aliphatic heterocycles. The molecular formula is C138H84O3. The Hall–Kier alpha value is -18.5. The van der Waals surface area contributed by atoms with Crippen molar-refractivity contribution in [1.82, 2.24) is 0 Å². The fourth-order valence-electron chi connectivity index (χ4n) is 23.4. The van der Waals surface area contributed by atoms with Crippen molar-refractivity contribution in [2.45, 2.75) is 0 Å². The zero-order valence-electron chi connectivity index (χ0n) is 76.7. The van der Waals surface area contributed by atoms with Gasteiger partial charge in [0.25, 0.3) is 0 Å². The molecule has 3 aromatic heterocycles. The molecular weight excluding hydrogens is 1710 g/mol. The lowest BCUT2D eigenvalue weighted by Crippen LogP contribution is -1.92. The normalized spacial score (nSPS) is 11.8. The van der Waals surface area contributed by atoms with Crippen LogP contribution in [0.3, 0.4) is 0 Å². The van der Waals surface area contributed by atoms with Crippen molar-refractivity contribution in [2.24, 2.45) is 0 Å². The van der Waals surface area contributed by atoms with E-state index in [0.29, 0.717) is 0 Å². The summed E-state index contributed by atoms with van der Waals surface area (Å²) in [6.45, 7) is 0. The molecule has 141 heavy (non-hydrogen) atoms. The third-order valence-electron chi connectivity index (χ3n) is 29.5. The monoisotopic (exact) mass is 1790 g/mol. The van der Waals surface area contributed by atoms with Gasteiger partial charge in [0, 0.05) is 43.4 Å². The molecule has 0 spiro atoms. The zero-order chi connectivity index (χ0) is 92.7. The van der Waals surface area contributed by atoms with Crippen molar-refractivity contribution in [3.63, 3.8) is 0 Å². The Labute approximate surface area is 812 Å². The van der Waals surface area contributed by atoms with Gasteiger partial charge in [-0.1, -0.05) is 455 Å². The summed E-state index contributed by atoms with van der Waals surface area (Å²) in [7, 11) is 0. The van der Waals surface area contributed by atoms with Gasteiger partial charge in [0.2, 0.25) is 0 Å². The zero-order valence-corrected chi connectivity index (χ0v) is 76.7. The molecule has 3 heteroatoms. The van der Waals surface area contributed by atoms with Gasteiger partial charge < -0.3 is 13.3 Å². The SMILES string of the molecule is c1ccc(-c2cccc3c2oc2cccc(-c4c5ccccc5c(-c5cc6ccccc6c6ccccc56)c5ccccc45)c23)cc1.c1ccc2cc(-c3c4ccccc4c(-c4cc(-c5cccc6ccccc56)cc5oc6ccccc6c45)c4ccccc34)ccc2c1.c1ccc2cc(-c3c4ccccc4c(-c4ccc(-c5cccc6ccccc56)c5oc6ccccc6c45)c4ccccc34)ccc2c1. The Morgan fingerprint density at radius 3 is 0.979 bits per heavy atom. The van der Waals surface area contributed by atoms with E-state index in [2.05, 4.69) is 510 Å². The number of para-hydroxylation sites is 3. The Kier molecular flexibility index (Phi) is 19.0. The average molecular weight is 1790 g/mol. The van der Waals surface area contributed by atoms with Gasteiger partial charge >= 0.3 is 0 Å². The van der Waals surface area contributed by atoms with E-state index in [1.807, 2.05) is 0 Å². The number of fused-ring (bicyclic) bond motifs is 22. The molecule has 0 saturated carbocycles. The topological polar surface area (TPSA) is 39.4 Å². The van der Waals surface area contributed by atoms with Crippen LogP contribution in [0.15, 0.2) is 523 Å². The van der Waals surface area contributed by atoms with Crippen molar-refractivity contribution in [3.05, 3.63) is 510 Å². The number of furan rings is 3. The highest BCUT2D eigenvalue weighted by atomic mass is 16.3. The highest BCUT2D eigenvalue weighted by Gasteiger charge is 2.29. The largest absolute Gasteiger partial charge is 0.456 e. The van der Waals surface area contributed by atoms with Crippen molar-refractivity contribution in [2.75, 3.05) is 0 Å². The molecule has 0 bridgehead atoms. The Bertz CT molecular complexity index is 10200. The molecule has 30 aromatic rings. The van der Waals surface area contributed by atoms with Crippen LogP contribution in [0.2, 0.25) is 0 Å². The molecule has 0 atom stereocenters. The van der Waals surface area contributed by atoms with E-state index in [9.17, 15) is 0 Å². The fraction of sp³-hybridized carbons (Fsp3) is 0. The second kappa shape index (κ2) is 33.2. The van der Waals surface area contributed by atoms with E-state index in [4.69, 9.17) is 13.3 Å². The summed E-state index contributed by atoms with van der Waals surface area (Å²) < 4.78 is 20.2. The maximum atomic E-state index is 6.81. The molecule has 0 saturated heterocycles. The molecule has 0 N–H and O–H groups in total. The summed E-state index contributed by atoms with van der Waals surface area (Å²) in [5.41, 5.74) is 27.2. The summed E-state index contributed by atoms with van der Waals surface area (Å²) in [6, 6.07) is 184. The number of hydrogen-bond acceptors (Lipinski definition) is 3. The molecule has 3 heterocycles. The van der Waals surface area contributed by atoms with E-state index < -0.39 is 0 Å². The third kappa shape index (κ3) is 13.2. The standard InChI is InChI=1S/3C46H28O/c1-2-14-31-26-32(25-24-29(31)12-1)44-36-17-5-7-19-38(36)45(39-20-8-6-18-37(39)44)41-27-33(35-22-11-15-30-13-3-4-16-34(30)35)28-43-46(41)40-21-9-10-23-42(40)47-43;1-2-14-31-28-32(25-24-29(31)12-1)43-35-17-5-7-19-37(35)44(38-20-8-6-18-36(38)43)41-27-26-39(34-22-11-15-30-13-3-4-16-33(30)34)46-45(41)40-21-9-10-23-42(40)47-46;1-2-14-29(15-3-1)32-24-12-26-40-45-39(25-13-27-42(45)47-46(32)40)43-35-20-8-10-22-37(35)44(38-23-11-9-21-36(38)43)41-28-30-16-4-5-17-31(30)33-18-6-7-19-34(33)41/h3*1-28H. The maximum Gasteiger partial charge on any atom is 0.143 e. The van der Waals surface area contributed by atoms with Crippen molar-refractivity contribution in [3.8, 4) is 100 Å². The van der Waals surface area contributed by atoms with Crippen LogP contribution >= 0.6 is 0 Å². The second-order valence-electron chi connectivity index (χ2n) is 37.2. The minimum absolute atomic E-state index is 0.901. The molecule has 0 aliphatic carbocycles. The van der Waals surface area contributed by atoms with Crippen LogP contribution in [0.1, 0.15) is 0 Å². The number of rotatable bonds is 9. The fourth-order valence-corrected chi connectivity index (χ4v) is 23.4. The molecule has 0 radical (unpaired) electrons. The van der Waals surface area contributed by atoms with E-state index >= 15 is 0 Å². The molecule has 3 nitrogen and oxygen atoms in total. The highest BCUT2D eigenvalue weighted by Crippen LogP contribution is 2.55. The molecule has 0 amide bonds. The molecule has 0 fully saturated rings. The smallest absolute Gasteiger partial charge is 0.143 e. The van der Waals surface area contributed by atoms with Gasteiger partial charge in [-0.05, 0) is 273 Å². The average Bonchev–Trinajstić information content (AvgIpc) is 1.71. The quantitative estimate of drug-likeness (QED) is 0.107. The van der Waals surface area contributed by atoms with Crippen LogP contribution in [0, 0.1) is 0 Å². The summed E-state index contributed by atoms with van der Waals surface area (Å²) >= 11 is 0. The number of benzene rings is 27. The maximum absolute atomic E-state index is 6.81. The summed E-state index contributed by atoms with van der Waals surface area (Å²) in [6.07, 6.45) is 0. The first kappa shape index (κ1) is 80.9. The van der Waals surface area contributed by atoms with Crippen molar-refractivity contribution >= 4 is 195 Å². The van der Waals surface area contributed by atoms with E-state index in [1.165, 1.54) is 207 Å². The van der Waals surface area contributed by atoms with Gasteiger partial charge in [-0.25, -0.2) is 0 Å². The van der Waals surface area contributed by atoms with E-state index in [0.717, 1.165) is 88.1 Å². The molecule has 30 rings (SSSR count). The van der Waals surface area contributed by atoms with Gasteiger partial charge in [-0.2, -0.15) is 0 Å². The molecule has 654 valence electrons. The van der Waals surface area contributed by atoms with Crippen LogP contribution in [0.5, 0.6) is 0 Å². The van der Waals surface area contributed by atoms with Gasteiger partial charge in [-0.3, -0.25) is 0 Å². The number of hydrogen-bond donors (Lipinski definition) is 0. The van der Waals surface area contributed by atoms with Crippen LogP contribution < -0.4 is 0 Å². The van der Waals surface area contributed by atoms with E-state index in [-0.39, 0.29) is 0 Å². The first-order valence-corrected chi connectivity index (χ1v) is 48.6. The summed E-state index contributed by atoms with van der Waals surface area (Å²) in [4.78, 5) is 0. The Morgan fingerprint density at radius 2 is 0.440 bits per heavy atom. The minimum atomic E-state index is 0.901. The van der Waals surface area contributed by atoms with Crippen LogP contribution in [0.25, 0.3) is 295 Å². The van der Waals surface area contributed by atoms with E-state index in [1.54, 1.807) is 0 Å². The van der Waals surface area contributed by atoms with Crippen LogP contribution in [0.4, 0.5) is 0 Å².